The molecule has 21 heavy (non-hydrogen) atoms. The predicted molar refractivity (Wildman–Crippen MR) is 91.7 cm³/mol. The number of hydrogen-bond acceptors (Lipinski definition) is 2. The van der Waals surface area contributed by atoms with Gasteiger partial charge in [-0.15, -0.1) is 0 Å². The maximum Gasteiger partial charge on any atom is 0.0282 e. The van der Waals surface area contributed by atoms with Gasteiger partial charge < -0.3 is 5.32 Å². The Labute approximate surface area is 130 Å². The van der Waals surface area contributed by atoms with E-state index in [1.165, 1.54) is 11.1 Å². The Balaban J connectivity index is 2.13. The topological polar surface area (TPSA) is 15.3 Å². The van der Waals surface area contributed by atoms with Gasteiger partial charge in [0, 0.05) is 30.7 Å². The van der Waals surface area contributed by atoms with Gasteiger partial charge in [-0.25, -0.2) is 0 Å². The van der Waals surface area contributed by atoms with Crippen molar-refractivity contribution in [1.29, 1.82) is 0 Å². The highest BCUT2D eigenvalue weighted by Crippen LogP contribution is 2.27. The highest BCUT2D eigenvalue weighted by Gasteiger charge is 2.37. The number of benzene rings is 1. The molecular formula is C19H32N2. The molecule has 1 aromatic carbocycles. The van der Waals surface area contributed by atoms with Gasteiger partial charge in [-0.2, -0.15) is 0 Å². The molecule has 118 valence electrons. The minimum atomic E-state index is 0.195. The van der Waals surface area contributed by atoms with Gasteiger partial charge in [-0.05, 0) is 44.2 Å². The normalized spacial score (nSPS) is 22.2. The van der Waals surface area contributed by atoms with E-state index in [0.29, 0.717) is 0 Å². The van der Waals surface area contributed by atoms with E-state index >= 15 is 0 Å². The lowest BCUT2D eigenvalue weighted by molar-refractivity contribution is 0.0324. The van der Waals surface area contributed by atoms with Gasteiger partial charge in [-0.3, -0.25) is 4.90 Å². The third-order valence-corrected chi connectivity index (χ3v) is 4.64. The van der Waals surface area contributed by atoms with Crippen molar-refractivity contribution in [3.05, 3.63) is 35.4 Å². The second-order valence-electron chi connectivity index (χ2n) is 8.85. The highest BCUT2D eigenvalue weighted by atomic mass is 15.3. The molecule has 0 unspecified atom stereocenters. The van der Waals surface area contributed by atoms with Crippen molar-refractivity contribution < 1.29 is 0 Å². The molecule has 1 N–H and O–H groups in total. The average Bonchev–Trinajstić information content (AvgIpc) is 2.34. The largest absolute Gasteiger partial charge is 0.309 e. The van der Waals surface area contributed by atoms with Crippen LogP contribution in [0.15, 0.2) is 24.3 Å². The second kappa shape index (κ2) is 5.40. The number of rotatable bonds is 2. The zero-order chi connectivity index (χ0) is 15.9. The Morgan fingerprint density at radius 3 is 2.14 bits per heavy atom. The van der Waals surface area contributed by atoms with Crippen LogP contribution in [0, 0.1) is 0 Å². The summed E-state index contributed by atoms with van der Waals surface area (Å²) in [6, 6.07) is 9.17. The molecule has 0 saturated carbocycles. The number of nitrogens with zero attached hydrogens (tertiary/aromatic N) is 1. The van der Waals surface area contributed by atoms with Gasteiger partial charge in [0.05, 0.1) is 0 Å². The van der Waals surface area contributed by atoms with E-state index in [1.807, 2.05) is 0 Å². The molecule has 2 nitrogen and oxygen atoms in total. The molecule has 1 fully saturated rings. The molecule has 2 heteroatoms. The monoisotopic (exact) mass is 288 g/mol. The summed E-state index contributed by atoms with van der Waals surface area (Å²) >= 11 is 0. The van der Waals surface area contributed by atoms with Gasteiger partial charge in [0.15, 0.2) is 0 Å². The molecule has 1 saturated heterocycles. The standard InChI is InChI=1S/C19H32N2/c1-17(2,3)16-10-8-15(9-11-16)12-21-14-18(4,5)20-13-19(21,6)7/h8-11,20H,12-14H2,1-7H3. The third-order valence-electron chi connectivity index (χ3n) is 4.64. The average molecular weight is 288 g/mol. The first-order valence-corrected chi connectivity index (χ1v) is 8.09. The van der Waals surface area contributed by atoms with E-state index in [0.717, 1.165) is 19.6 Å². The van der Waals surface area contributed by atoms with Gasteiger partial charge in [-0.1, -0.05) is 45.0 Å². The Morgan fingerprint density at radius 1 is 1.05 bits per heavy atom. The van der Waals surface area contributed by atoms with Crippen LogP contribution in [-0.2, 0) is 12.0 Å². The zero-order valence-electron chi connectivity index (χ0n) is 14.9. The first kappa shape index (κ1) is 16.5. The van der Waals surface area contributed by atoms with Crippen molar-refractivity contribution in [3.8, 4) is 0 Å². The van der Waals surface area contributed by atoms with Crippen molar-refractivity contribution >= 4 is 0 Å². The van der Waals surface area contributed by atoms with Crippen molar-refractivity contribution in [2.75, 3.05) is 13.1 Å². The maximum absolute atomic E-state index is 3.65. The molecule has 0 atom stereocenters. The lowest BCUT2D eigenvalue weighted by atomic mass is 9.86. The van der Waals surface area contributed by atoms with E-state index in [2.05, 4.69) is 82.9 Å². The van der Waals surface area contributed by atoms with Crippen LogP contribution in [0.25, 0.3) is 0 Å². The summed E-state index contributed by atoms with van der Waals surface area (Å²) in [7, 11) is 0. The molecule has 1 aromatic rings. The summed E-state index contributed by atoms with van der Waals surface area (Å²) in [4.78, 5) is 2.61. The quantitative estimate of drug-likeness (QED) is 0.886. The van der Waals surface area contributed by atoms with Crippen LogP contribution >= 0.6 is 0 Å². The second-order valence-corrected chi connectivity index (χ2v) is 8.85. The minimum absolute atomic E-state index is 0.195. The number of nitrogens with one attached hydrogen (secondary N) is 1. The Kier molecular flexibility index (Phi) is 4.25. The van der Waals surface area contributed by atoms with Crippen LogP contribution in [0.5, 0.6) is 0 Å². The van der Waals surface area contributed by atoms with E-state index in [-0.39, 0.29) is 16.5 Å². The summed E-state index contributed by atoms with van der Waals surface area (Å²) in [6.45, 7) is 19.2. The molecule has 0 aromatic heterocycles. The number of hydrogen-bond donors (Lipinski definition) is 1. The Hall–Kier alpha value is -0.860. The van der Waals surface area contributed by atoms with Crippen LogP contribution in [0.1, 0.15) is 59.6 Å². The summed E-state index contributed by atoms with van der Waals surface area (Å²) in [5, 5.41) is 3.65. The SMILES string of the molecule is CC1(C)CN(Cc2ccc(C(C)(C)C)cc2)C(C)(C)CN1. The highest BCUT2D eigenvalue weighted by molar-refractivity contribution is 5.27. The van der Waals surface area contributed by atoms with Gasteiger partial charge >= 0.3 is 0 Å². The maximum atomic E-state index is 3.65. The predicted octanol–water partition coefficient (Wildman–Crippen LogP) is 3.95. The fourth-order valence-corrected chi connectivity index (χ4v) is 2.91. The Morgan fingerprint density at radius 2 is 1.62 bits per heavy atom. The van der Waals surface area contributed by atoms with Crippen LogP contribution in [0.3, 0.4) is 0 Å². The molecule has 1 heterocycles. The summed E-state index contributed by atoms with van der Waals surface area (Å²) in [5.41, 5.74) is 3.45. The fraction of sp³-hybridized carbons (Fsp3) is 0.684. The first-order valence-electron chi connectivity index (χ1n) is 8.09. The molecule has 0 aliphatic carbocycles. The van der Waals surface area contributed by atoms with Crippen molar-refractivity contribution in [1.82, 2.24) is 10.2 Å². The van der Waals surface area contributed by atoms with Crippen molar-refractivity contribution in [2.24, 2.45) is 0 Å². The molecule has 2 rings (SSSR count). The molecular weight excluding hydrogens is 256 g/mol. The molecule has 1 aliphatic rings. The molecule has 0 radical (unpaired) electrons. The first-order chi connectivity index (χ1) is 9.50. The molecule has 0 bridgehead atoms. The lowest BCUT2D eigenvalue weighted by Crippen LogP contribution is -2.65. The summed E-state index contributed by atoms with van der Waals surface area (Å²) in [6.07, 6.45) is 0. The van der Waals surface area contributed by atoms with Crippen LogP contribution < -0.4 is 5.32 Å². The molecule has 0 amide bonds. The molecule has 0 spiro atoms. The summed E-state index contributed by atoms with van der Waals surface area (Å²) < 4.78 is 0. The fourth-order valence-electron chi connectivity index (χ4n) is 2.91. The van der Waals surface area contributed by atoms with Crippen LogP contribution in [0.4, 0.5) is 0 Å². The van der Waals surface area contributed by atoms with E-state index in [9.17, 15) is 0 Å². The Bertz CT molecular complexity index is 477. The van der Waals surface area contributed by atoms with Crippen molar-refractivity contribution in [2.45, 2.75) is 71.5 Å². The van der Waals surface area contributed by atoms with Crippen LogP contribution in [0.2, 0.25) is 0 Å². The third kappa shape index (κ3) is 4.08. The van der Waals surface area contributed by atoms with Crippen LogP contribution in [-0.4, -0.2) is 29.1 Å². The molecule has 1 aliphatic heterocycles. The van der Waals surface area contributed by atoms with Crippen molar-refractivity contribution in [3.63, 3.8) is 0 Å². The minimum Gasteiger partial charge on any atom is -0.309 e. The smallest absolute Gasteiger partial charge is 0.0282 e. The van der Waals surface area contributed by atoms with Gasteiger partial charge in [0.25, 0.3) is 0 Å². The zero-order valence-corrected chi connectivity index (χ0v) is 14.9. The van der Waals surface area contributed by atoms with E-state index in [1.54, 1.807) is 0 Å². The number of piperazine rings is 1. The van der Waals surface area contributed by atoms with Gasteiger partial charge in [0.1, 0.15) is 0 Å². The summed E-state index contributed by atoms with van der Waals surface area (Å²) in [5.74, 6) is 0. The van der Waals surface area contributed by atoms with E-state index < -0.39 is 0 Å². The van der Waals surface area contributed by atoms with E-state index in [4.69, 9.17) is 0 Å². The lowest BCUT2D eigenvalue weighted by Gasteiger charge is -2.49. The van der Waals surface area contributed by atoms with Gasteiger partial charge in [0.2, 0.25) is 0 Å².